The third-order valence-electron chi connectivity index (χ3n) is 7.28. The van der Waals surface area contributed by atoms with Gasteiger partial charge in [0.2, 0.25) is 5.90 Å². The average Bonchev–Trinajstić information content (AvgIpc) is 3.38. The first-order valence-corrected chi connectivity index (χ1v) is 15.7. The molecule has 45 heavy (non-hydrogen) atoms. The molecular formula is C34H29BrCl2F2N2O4. The van der Waals surface area contributed by atoms with Crippen molar-refractivity contribution in [2.75, 3.05) is 19.8 Å². The van der Waals surface area contributed by atoms with Crippen molar-refractivity contribution in [1.29, 1.82) is 0 Å². The minimum atomic E-state index is -1.52. The van der Waals surface area contributed by atoms with E-state index in [-0.39, 0.29) is 31.9 Å². The van der Waals surface area contributed by atoms with Crippen LogP contribution >= 0.6 is 39.1 Å². The zero-order valence-corrected chi connectivity index (χ0v) is 27.0. The molecule has 2 N–H and O–H groups in total. The Morgan fingerprint density at radius 3 is 2.36 bits per heavy atom. The van der Waals surface area contributed by atoms with Crippen LogP contribution in [-0.4, -0.2) is 42.2 Å². The number of aliphatic hydroxyl groups is 1. The van der Waals surface area contributed by atoms with Crippen molar-refractivity contribution in [3.63, 3.8) is 0 Å². The van der Waals surface area contributed by atoms with Crippen molar-refractivity contribution in [3.05, 3.63) is 133 Å². The lowest BCUT2D eigenvalue weighted by molar-refractivity contribution is -0.128. The van der Waals surface area contributed by atoms with Crippen molar-refractivity contribution in [1.82, 2.24) is 5.32 Å². The molecule has 5 rings (SSSR count). The zero-order chi connectivity index (χ0) is 32.0. The van der Waals surface area contributed by atoms with Crippen LogP contribution in [0.5, 0.6) is 5.75 Å². The highest BCUT2D eigenvalue weighted by Gasteiger charge is 2.53. The van der Waals surface area contributed by atoms with Gasteiger partial charge in [-0.05, 0) is 78.2 Å². The molecule has 0 fully saturated rings. The molecular weight excluding hydrogens is 689 g/mol. The van der Waals surface area contributed by atoms with Gasteiger partial charge in [-0.1, -0.05) is 57.3 Å². The Kier molecular flexibility index (Phi) is 10.8. The summed E-state index contributed by atoms with van der Waals surface area (Å²) < 4.78 is 40.6. The highest BCUT2D eigenvalue weighted by atomic mass is 79.9. The maximum atomic E-state index is 14.3. The summed E-state index contributed by atoms with van der Waals surface area (Å²) in [4.78, 5) is 19.3. The predicted octanol–water partition coefficient (Wildman–Crippen LogP) is 7.65. The minimum Gasteiger partial charge on any atom is -0.494 e. The van der Waals surface area contributed by atoms with E-state index in [4.69, 9.17) is 42.8 Å². The van der Waals surface area contributed by atoms with E-state index < -0.39 is 29.2 Å². The van der Waals surface area contributed by atoms with Crippen molar-refractivity contribution in [3.8, 4) is 5.75 Å². The van der Waals surface area contributed by atoms with Crippen LogP contribution in [0.4, 0.5) is 8.78 Å². The van der Waals surface area contributed by atoms with Crippen LogP contribution in [-0.2, 0) is 22.4 Å². The Morgan fingerprint density at radius 2 is 1.69 bits per heavy atom. The molecule has 0 saturated carbocycles. The topological polar surface area (TPSA) is 80.2 Å². The van der Waals surface area contributed by atoms with Crippen LogP contribution in [0.3, 0.4) is 0 Å². The number of carbonyl (C=O) groups excluding carboxylic acids is 1. The highest BCUT2D eigenvalue weighted by molar-refractivity contribution is 9.10. The van der Waals surface area contributed by atoms with Gasteiger partial charge in [-0.25, -0.2) is 13.8 Å². The summed E-state index contributed by atoms with van der Waals surface area (Å²) in [5.41, 5.74) is 0.824. The number of rotatable bonds is 12. The quantitative estimate of drug-likeness (QED) is 0.148. The van der Waals surface area contributed by atoms with Gasteiger partial charge < -0.3 is 19.9 Å². The van der Waals surface area contributed by atoms with E-state index in [0.29, 0.717) is 45.5 Å². The second-order valence-corrected chi connectivity index (χ2v) is 12.3. The van der Waals surface area contributed by atoms with Crippen molar-refractivity contribution < 1.29 is 28.2 Å². The lowest BCUT2D eigenvalue weighted by atomic mass is 9.82. The van der Waals surface area contributed by atoms with Gasteiger partial charge in [0.05, 0.1) is 6.61 Å². The standard InChI is InChI=1S/C34H29BrCl2F2N2O4/c35-24-6-2-21(3-7-24)20-34(33(43)40-13-12-22-16-26(38)19-27(39)17-22)31(29-11-8-25(36)18-30(29)37)45-32(41-34)23-4-9-28(10-5-23)44-15-1-14-42/h2-11,16-19,31,42H,1,12-15,20H2,(H,40,43)/t31-,34-/m1/s1. The van der Waals surface area contributed by atoms with Gasteiger partial charge >= 0.3 is 0 Å². The van der Waals surface area contributed by atoms with E-state index in [1.165, 1.54) is 12.1 Å². The molecule has 0 aliphatic carbocycles. The first-order chi connectivity index (χ1) is 21.7. The fourth-order valence-corrected chi connectivity index (χ4v) is 5.89. The number of halogens is 5. The molecule has 0 radical (unpaired) electrons. The van der Waals surface area contributed by atoms with Crippen LogP contribution in [0.2, 0.25) is 10.0 Å². The Balaban J connectivity index is 1.53. The Morgan fingerprint density at radius 1 is 0.978 bits per heavy atom. The number of aliphatic hydroxyl groups excluding tert-OH is 1. The van der Waals surface area contributed by atoms with Gasteiger partial charge in [0.25, 0.3) is 5.91 Å². The van der Waals surface area contributed by atoms with E-state index in [0.717, 1.165) is 16.1 Å². The fraction of sp³-hybridized carbons (Fsp3) is 0.235. The summed E-state index contributed by atoms with van der Waals surface area (Å²) in [6.07, 6.45) is -0.108. The van der Waals surface area contributed by atoms with E-state index in [1.807, 2.05) is 24.3 Å². The van der Waals surface area contributed by atoms with Gasteiger partial charge in [-0.3, -0.25) is 4.79 Å². The van der Waals surface area contributed by atoms with Crippen LogP contribution in [0.25, 0.3) is 0 Å². The van der Waals surface area contributed by atoms with Gasteiger partial charge in [0, 0.05) is 57.7 Å². The number of nitrogens with zero attached hydrogens (tertiary/aromatic N) is 1. The number of hydrogen-bond acceptors (Lipinski definition) is 5. The molecule has 1 aliphatic rings. The molecule has 4 aromatic rings. The summed E-state index contributed by atoms with van der Waals surface area (Å²) in [6.45, 7) is 0.484. The number of hydrogen-bond donors (Lipinski definition) is 2. The highest BCUT2D eigenvalue weighted by Crippen LogP contribution is 2.45. The second kappa shape index (κ2) is 14.7. The lowest BCUT2D eigenvalue weighted by Gasteiger charge is -2.31. The molecule has 0 saturated heterocycles. The summed E-state index contributed by atoms with van der Waals surface area (Å²) in [5.74, 6) is -0.993. The van der Waals surface area contributed by atoms with Crippen LogP contribution in [0.15, 0.2) is 94.4 Å². The Bertz CT molecular complexity index is 1670. The van der Waals surface area contributed by atoms with Crippen LogP contribution < -0.4 is 10.1 Å². The fourth-order valence-electron chi connectivity index (χ4n) is 5.12. The maximum absolute atomic E-state index is 14.3. The molecule has 1 amide bonds. The van der Waals surface area contributed by atoms with Gasteiger partial charge in [0.15, 0.2) is 11.6 Å². The molecule has 2 atom stereocenters. The minimum absolute atomic E-state index is 0.0268. The van der Waals surface area contributed by atoms with E-state index in [9.17, 15) is 13.6 Å². The molecule has 1 aliphatic heterocycles. The molecule has 0 unspecified atom stereocenters. The number of carbonyl (C=O) groups is 1. The smallest absolute Gasteiger partial charge is 0.252 e. The van der Waals surface area contributed by atoms with Gasteiger partial charge in [-0.15, -0.1) is 0 Å². The average molecular weight is 718 g/mol. The Hall–Kier alpha value is -3.50. The number of benzene rings is 4. The first kappa shape index (κ1) is 32.9. The molecule has 6 nitrogen and oxygen atoms in total. The number of amides is 1. The maximum Gasteiger partial charge on any atom is 0.252 e. The third kappa shape index (κ3) is 8.02. The molecule has 0 bridgehead atoms. The molecule has 234 valence electrons. The van der Waals surface area contributed by atoms with E-state index >= 15 is 0 Å². The number of aliphatic imine (C=N–C) groups is 1. The second-order valence-electron chi connectivity index (χ2n) is 10.5. The van der Waals surface area contributed by atoms with Gasteiger partial charge in [0.1, 0.15) is 17.4 Å². The van der Waals surface area contributed by atoms with Crippen molar-refractivity contribution in [2.45, 2.75) is 30.9 Å². The number of ether oxygens (including phenoxy) is 2. The van der Waals surface area contributed by atoms with E-state index in [2.05, 4.69) is 21.2 Å². The summed E-state index contributed by atoms with van der Waals surface area (Å²) in [7, 11) is 0. The van der Waals surface area contributed by atoms with Crippen LogP contribution in [0.1, 0.15) is 34.8 Å². The first-order valence-electron chi connectivity index (χ1n) is 14.2. The molecule has 11 heteroatoms. The third-order valence-corrected chi connectivity index (χ3v) is 8.37. The lowest BCUT2D eigenvalue weighted by Crippen LogP contribution is -2.50. The predicted molar refractivity (Wildman–Crippen MR) is 174 cm³/mol. The molecule has 0 spiro atoms. The van der Waals surface area contributed by atoms with Crippen LogP contribution in [0, 0.1) is 11.6 Å². The normalized spacial score (nSPS) is 17.5. The summed E-state index contributed by atoms with van der Waals surface area (Å²) in [6, 6.07) is 22.8. The van der Waals surface area contributed by atoms with Crippen molar-refractivity contribution in [2.24, 2.45) is 4.99 Å². The molecule has 0 aromatic heterocycles. The molecule has 1 heterocycles. The summed E-state index contributed by atoms with van der Waals surface area (Å²) in [5, 5.41) is 12.7. The zero-order valence-electron chi connectivity index (χ0n) is 23.9. The van der Waals surface area contributed by atoms with Gasteiger partial charge in [-0.2, -0.15) is 0 Å². The largest absolute Gasteiger partial charge is 0.494 e. The Labute approximate surface area is 278 Å². The molecule has 4 aromatic carbocycles. The van der Waals surface area contributed by atoms with Crippen molar-refractivity contribution >= 4 is 50.9 Å². The monoisotopic (exact) mass is 716 g/mol. The summed E-state index contributed by atoms with van der Waals surface area (Å²) >= 11 is 16.4. The van der Waals surface area contributed by atoms with E-state index in [1.54, 1.807) is 42.5 Å². The SMILES string of the molecule is O=C(NCCc1cc(F)cc(F)c1)[C@]1(Cc2ccc(Br)cc2)N=C(c2ccc(OCCCO)cc2)O[C@@H]1c1ccc(Cl)cc1Cl. The number of nitrogens with one attached hydrogen (secondary N) is 1.